The monoisotopic (exact) mass is 256 g/mol. The lowest BCUT2D eigenvalue weighted by molar-refractivity contribution is 0.976. The minimum Gasteiger partial charge on any atom is -0.320 e. The highest BCUT2D eigenvalue weighted by atomic mass is 32.1. The Balaban J connectivity index is 1.87. The van der Waals surface area contributed by atoms with Crippen molar-refractivity contribution < 1.29 is 0 Å². The Bertz CT molecular complexity index is 609. The molecular formula is C13H12N4S. The summed E-state index contributed by atoms with van der Waals surface area (Å²) in [5.74, 6) is 1.55. The zero-order chi connectivity index (χ0) is 12.5. The van der Waals surface area contributed by atoms with E-state index in [0.717, 1.165) is 16.6 Å². The average molecular weight is 256 g/mol. The molecule has 0 radical (unpaired) electrons. The Kier molecular flexibility index (Phi) is 2.73. The van der Waals surface area contributed by atoms with Crippen molar-refractivity contribution in [2.75, 3.05) is 11.9 Å². The average Bonchev–Trinajstić information content (AvgIpc) is 3.16. The Morgan fingerprint density at radius 3 is 3.00 bits per heavy atom. The number of aromatic nitrogens is 2. The van der Waals surface area contributed by atoms with Crippen LogP contribution in [0, 0.1) is 11.3 Å². The van der Waals surface area contributed by atoms with E-state index < -0.39 is 0 Å². The summed E-state index contributed by atoms with van der Waals surface area (Å²) in [5.41, 5.74) is 1.62. The number of nitrogens with zero attached hydrogens (tertiary/aromatic N) is 4. The second kappa shape index (κ2) is 4.39. The first-order valence-corrected chi connectivity index (χ1v) is 6.63. The summed E-state index contributed by atoms with van der Waals surface area (Å²) in [6.45, 7) is 0. The van der Waals surface area contributed by atoms with Crippen molar-refractivity contribution in [1.82, 2.24) is 9.36 Å². The minimum atomic E-state index is 0.578. The Morgan fingerprint density at radius 2 is 2.28 bits per heavy atom. The summed E-state index contributed by atoms with van der Waals surface area (Å²) in [5, 5.41) is 9.79. The molecule has 0 atom stereocenters. The molecule has 0 saturated heterocycles. The van der Waals surface area contributed by atoms with E-state index >= 15 is 0 Å². The van der Waals surface area contributed by atoms with Gasteiger partial charge in [0, 0.05) is 30.2 Å². The van der Waals surface area contributed by atoms with Crippen LogP contribution in [0.5, 0.6) is 0 Å². The first-order chi connectivity index (χ1) is 8.78. The largest absolute Gasteiger partial charge is 0.320 e. The van der Waals surface area contributed by atoms with Gasteiger partial charge in [-0.1, -0.05) is 6.07 Å². The van der Waals surface area contributed by atoms with E-state index in [4.69, 9.17) is 5.26 Å². The summed E-state index contributed by atoms with van der Waals surface area (Å²) in [6.07, 6.45) is 2.42. The van der Waals surface area contributed by atoms with Crippen molar-refractivity contribution in [1.29, 1.82) is 5.26 Å². The predicted molar refractivity (Wildman–Crippen MR) is 71.1 cm³/mol. The molecule has 1 aliphatic rings. The maximum Gasteiger partial charge on any atom is 0.209 e. The number of hydrogen-bond donors (Lipinski definition) is 0. The van der Waals surface area contributed by atoms with Crippen molar-refractivity contribution in [2.24, 2.45) is 0 Å². The molecule has 0 unspecified atom stereocenters. The molecule has 2 aromatic rings. The fraction of sp³-hybridized carbons (Fsp3) is 0.308. The Hall–Kier alpha value is -1.93. The molecule has 1 aliphatic carbocycles. The summed E-state index contributed by atoms with van der Waals surface area (Å²) in [7, 11) is 1.95. The van der Waals surface area contributed by atoms with Gasteiger partial charge in [-0.2, -0.15) is 9.64 Å². The van der Waals surface area contributed by atoms with Gasteiger partial charge in [0.15, 0.2) is 0 Å². The Morgan fingerprint density at radius 1 is 1.44 bits per heavy atom. The van der Waals surface area contributed by atoms with Crippen LogP contribution >= 0.6 is 11.5 Å². The van der Waals surface area contributed by atoms with Crippen LogP contribution in [0.15, 0.2) is 24.3 Å². The van der Waals surface area contributed by atoms with E-state index in [1.165, 1.54) is 24.4 Å². The van der Waals surface area contributed by atoms with E-state index in [1.54, 1.807) is 6.07 Å². The molecule has 0 aliphatic heterocycles. The number of rotatable bonds is 3. The molecule has 1 fully saturated rings. The fourth-order valence-electron chi connectivity index (χ4n) is 1.76. The SMILES string of the molecule is CN(c1cccc(C#N)c1)c1nc(C2CC2)ns1. The Labute approximate surface area is 110 Å². The third kappa shape index (κ3) is 2.07. The van der Waals surface area contributed by atoms with Crippen LogP contribution in [-0.4, -0.2) is 16.4 Å². The lowest BCUT2D eigenvalue weighted by atomic mass is 10.2. The van der Waals surface area contributed by atoms with Gasteiger partial charge in [-0.25, -0.2) is 4.98 Å². The third-order valence-electron chi connectivity index (χ3n) is 3.02. The van der Waals surface area contributed by atoms with Crippen LogP contribution < -0.4 is 4.90 Å². The van der Waals surface area contributed by atoms with Gasteiger partial charge in [-0.15, -0.1) is 0 Å². The van der Waals surface area contributed by atoms with Crippen LogP contribution in [0.25, 0.3) is 0 Å². The molecule has 4 nitrogen and oxygen atoms in total. The van der Waals surface area contributed by atoms with Gasteiger partial charge >= 0.3 is 0 Å². The van der Waals surface area contributed by atoms with Crippen LogP contribution in [0.3, 0.4) is 0 Å². The van der Waals surface area contributed by atoms with Crippen molar-refractivity contribution in [3.05, 3.63) is 35.7 Å². The standard InChI is InChI=1S/C13H12N4S/c1-17(11-4-2-3-9(7-11)8-14)13-15-12(16-18-13)10-5-6-10/h2-4,7,10H,5-6H2,1H3. The first kappa shape index (κ1) is 11.2. The molecule has 90 valence electrons. The molecular weight excluding hydrogens is 244 g/mol. The third-order valence-corrected chi connectivity index (χ3v) is 3.83. The van der Waals surface area contributed by atoms with E-state index in [-0.39, 0.29) is 0 Å². The van der Waals surface area contributed by atoms with Gasteiger partial charge in [0.2, 0.25) is 5.13 Å². The molecule has 3 rings (SSSR count). The van der Waals surface area contributed by atoms with Crippen molar-refractivity contribution in [3.63, 3.8) is 0 Å². The second-order valence-corrected chi connectivity index (χ2v) is 5.16. The number of hydrogen-bond acceptors (Lipinski definition) is 5. The van der Waals surface area contributed by atoms with E-state index in [9.17, 15) is 0 Å². The topological polar surface area (TPSA) is 52.8 Å². The van der Waals surface area contributed by atoms with Gasteiger partial charge in [0.25, 0.3) is 0 Å². The van der Waals surface area contributed by atoms with Crippen molar-refractivity contribution in [2.45, 2.75) is 18.8 Å². The highest BCUT2D eigenvalue weighted by molar-refractivity contribution is 7.09. The fourth-order valence-corrected chi connectivity index (χ4v) is 2.49. The smallest absolute Gasteiger partial charge is 0.209 e. The molecule has 18 heavy (non-hydrogen) atoms. The van der Waals surface area contributed by atoms with Crippen molar-refractivity contribution in [3.8, 4) is 6.07 Å². The van der Waals surface area contributed by atoms with E-state index in [1.807, 2.05) is 30.1 Å². The molecule has 1 aromatic heterocycles. The maximum atomic E-state index is 8.91. The van der Waals surface area contributed by atoms with Gasteiger partial charge in [0.05, 0.1) is 11.6 Å². The van der Waals surface area contributed by atoms with Gasteiger partial charge in [0.1, 0.15) is 5.82 Å². The summed E-state index contributed by atoms with van der Waals surface area (Å²) in [4.78, 5) is 6.53. The van der Waals surface area contributed by atoms with E-state index in [0.29, 0.717) is 11.5 Å². The van der Waals surface area contributed by atoms with Crippen LogP contribution in [0.2, 0.25) is 0 Å². The zero-order valence-corrected chi connectivity index (χ0v) is 10.8. The maximum absolute atomic E-state index is 8.91. The van der Waals surface area contributed by atoms with E-state index in [2.05, 4.69) is 15.4 Å². The van der Waals surface area contributed by atoms with Gasteiger partial charge < -0.3 is 4.90 Å². The lowest BCUT2D eigenvalue weighted by Gasteiger charge is -2.15. The lowest BCUT2D eigenvalue weighted by Crippen LogP contribution is -2.09. The van der Waals surface area contributed by atoms with Crippen LogP contribution in [-0.2, 0) is 0 Å². The molecule has 1 aromatic carbocycles. The molecule has 0 bridgehead atoms. The summed E-state index contributed by atoms with van der Waals surface area (Å²) < 4.78 is 4.39. The highest BCUT2D eigenvalue weighted by Gasteiger charge is 2.28. The molecule has 0 spiro atoms. The minimum absolute atomic E-state index is 0.578. The molecule has 0 N–H and O–H groups in total. The number of benzene rings is 1. The second-order valence-electron chi connectivity index (χ2n) is 4.43. The van der Waals surface area contributed by atoms with Gasteiger partial charge in [-0.05, 0) is 31.0 Å². The normalized spacial score (nSPS) is 14.2. The van der Waals surface area contributed by atoms with Gasteiger partial charge in [-0.3, -0.25) is 0 Å². The number of nitriles is 1. The quantitative estimate of drug-likeness (QED) is 0.847. The van der Waals surface area contributed by atoms with Crippen LogP contribution in [0.1, 0.15) is 30.1 Å². The zero-order valence-electron chi connectivity index (χ0n) is 10.00. The van der Waals surface area contributed by atoms with Crippen molar-refractivity contribution >= 4 is 22.4 Å². The molecule has 0 amide bonds. The molecule has 5 heteroatoms. The highest BCUT2D eigenvalue weighted by Crippen LogP contribution is 2.40. The summed E-state index contributed by atoms with van der Waals surface area (Å²) in [6, 6.07) is 9.66. The predicted octanol–water partition coefficient (Wildman–Crippen LogP) is 3.06. The molecule has 1 heterocycles. The number of anilines is 2. The first-order valence-electron chi connectivity index (χ1n) is 5.85. The molecule has 1 saturated carbocycles. The van der Waals surface area contributed by atoms with Crippen LogP contribution in [0.4, 0.5) is 10.8 Å². The summed E-state index contributed by atoms with van der Waals surface area (Å²) >= 11 is 1.42.